The molecule has 2 aromatic rings. The molecule has 0 amide bonds. The van der Waals surface area contributed by atoms with Gasteiger partial charge in [-0.25, -0.2) is 4.98 Å². The second-order valence-corrected chi connectivity index (χ2v) is 4.99. The van der Waals surface area contributed by atoms with E-state index in [1.54, 1.807) is 13.2 Å². The van der Waals surface area contributed by atoms with Gasteiger partial charge in [0.15, 0.2) is 0 Å². The molecular formula is C16H20N2O3. The van der Waals surface area contributed by atoms with Crippen LogP contribution in [0.5, 0.6) is 0 Å². The molecule has 0 spiro atoms. The fourth-order valence-electron chi connectivity index (χ4n) is 1.97. The molecule has 0 atom stereocenters. The smallest absolute Gasteiger partial charge is 0.320 e. The lowest BCUT2D eigenvalue weighted by Crippen LogP contribution is -2.27. The first-order chi connectivity index (χ1) is 10.1. The number of esters is 1. The molecule has 2 rings (SSSR count). The second kappa shape index (κ2) is 7.04. The molecular weight excluding hydrogens is 268 g/mol. The Morgan fingerprint density at radius 2 is 2.05 bits per heavy atom. The fraction of sp³-hybridized carbons (Fsp3) is 0.375. The van der Waals surface area contributed by atoms with Gasteiger partial charge in [-0.2, -0.15) is 0 Å². The van der Waals surface area contributed by atoms with Gasteiger partial charge in [-0.1, -0.05) is 17.7 Å². The van der Waals surface area contributed by atoms with E-state index < -0.39 is 0 Å². The molecule has 112 valence electrons. The minimum Gasteiger partial charge on any atom is -0.465 e. The van der Waals surface area contributed by atoms with Crippen LogP contribution in [0.2, 0.25) is 0 Å². The molecule has 1 aromatic carbocycles. The molecule has 0 aliphatic carbocycles. The van der Waals surface area contributed by atoms with Crippen LogP contribution in [0.25, 0.3) is 11.5 Å². The van der Waals surface area contributed by atoms with Gasteiger partial charge in [0.05, 0.1) is 18.8 Å². The number of aromatic nitrogens is 1. The minimum absolute atomic E-state index is 0.234. The van der Waals surface area contributed by atoms with Crippen molar-refractivity contribution in [2.24, 2.45) is 0 Å². The topological polar surface area (TPSA) is 55.6 Å². The lowest BCUT2D eigenvalue weighted by atomic mass is 10.1. The molecule has 0 bridgehead atoms. The summed E-state index contributed by atoms with van der Waals surface area (Å²) in [5.74, 6) is 0.358. The van der Waals surface area contributed by atoms with E-state index in [9.17, 15) is 4.79 Å². The Labute approximate surface area is 124 Å². The molecule has 5 heteroatoms. The molecule has 0 saturated carbocycles. The van der Waals surface area contributed by atoms with Crippen molar-refractivity contribution < 1.29 is 13.9 Å². The van der Waals surface area contributed by atoms with Crippen molar-refractivity contribution in [3.63, 3.8) is 0 Å². The summed E-state index contributed by atoms with van der Waals surface area (Å²) in [5, 5.41) is 0. The largest absolute Gasteiger partial charge is 0.465 e. The zero-order valence-electron chi connectivity index (χ0n) is 12.6. The molecule has 1 heterocycles. The highest BCUT2D eigenvalue weighted by Crippen LogP contribution is 2.19. The van der Waals surface area contributed by atoms with Gasteiger partial charge in [0.1, 0.15) is 6.26 Å². The van der Waals surface area contributed by atoms with Gasteiger partial charge in [-0.05, 0) is 33.0 Å². The van der Waals surface area contributed by atoms with Gasteiger partial charge < -0.3 is 9.15 Å². The van der Waals surface area contributed by atoms with Crippen molar-refractivity contribution >= 4 is 5.97 Å². The lowest BCUT2D eigenvalue weighted by molar-refractivity contribution is -0.144. The van der Waals surface area contributed by atoms with E-state index in [-0.39, 0.29) is 12.5 Å². The SMILES string of the molecule is CCOC(=O)CN(C)Cc1coc(-c2ccc(C)cc2)n1. The second-order valence-electron chi connectivity index (χ2n) is 4.99. The fourth-order valence-corrected chi connectivity index (χ4v) is 1.97. The first-order valence-electron chi connectivity index (χ1n) is 6.94. The Bertz CT molecular complexity index is 590. The van der Waals surface area contributed by atoms with E-state index in [1.807, 2.05) is 43.1 Å². The molecule has 0 N–H and O–H groups in total. The van der Waals surface area contributed by atoms with Crippen molar-refractivity contribution in [2.45, 2.75) is 20.4 Å². The van der Waals surface area contributed by atoms with Crippen LogP contribution in [0.3, 0.4) is 0 Å². The predicted molar refractivity (Wildman–Crippen MR) is 79.6 cm³/mol. The van der Waals surface area contributed by atoms with Crippen molar-refractivity contribution in [3.05, 3.63) is 41.8 Å². The Morgan fingerprint density at radius 1 is 1.33 bits per heavy atom. The van der Waals surface area contributed by atoms with Gasteiger partial charge in [-0.3, -0.25) is 9.69 Å². The van der Waals surface area contributed by atoms with Crippen LogP contribution < -0.4 is 0 Å². The maximum Gasteiger partial charge on any atom is 0.320 e. The molecule has 0 unspecified atom stereocenters. The third-order valence-corrected chi connectivity index (χ3v) is 2.99. The van der Waals surface area contributed by atoms with Crippen LogP contribution in [0.4, 0.5) is 0 Å². The molecule has 0 radical (unpaired) electrons. The molecule has 0 aliphatic rings. The molecule has 0 saturated heterocycles. The molecule has 0 fully saturated rings. The first-order valence-corrected chi connectivity index (χ1v) is 6.94. The summed E-state index contributed by atoms with van der Waals surface area (Å²) in [6.07, 6.45) is 1.62. The summed E-state index contributed by atoms with van der Waals surface area (Å²) in [7, 11) is 1.84. The van der Waals surface area contributed by atoms with Crippen LogP contribution >= 0.6 is 0 Å². The Kier molecular flexibility index (Phi) is 5.11. The van der Waals surface area contributed by atoms with Crippen LogP contribution in [0, 0.1) is 6.92 Å². The third-order valence-electron chi connectivity index (χ3n) is 2.99. The summed E-state index contributed by atoms with van der Waals surface area (Å²) in [6, 6.07) is 8.00. The number of rotatable bonds is 6. The highest BCUT2D eigenvalue weighted by Gasteiger charge is 2.11. The number of carbonyl (C=O) groups excluding carboxylic acids is 1. The maximum absolute atomic E-state index is 11.4. The van der Waals surface area contributed by atoms with Gasteiger partial charge in [-0.15, -0.1) is 0 Å². The third kappa shape index (κ3) is 4.43. The molecule has 0 aliphatic heterocycles. The number of carbonyl (C=O) groups is 1. The summed E-state index contributed by atoms with van der Waals surface area (Å²) in [5.41, 5.74) is 2.93. The number of hydrogen-bond acceptors (Lipinski definition) is 5. The number of aryl methyl sites for hydroxylation is 1. The van der Waals surface area contributed by atoms with Crippen molar-refractivity contribution in [1.29, 1.82) is 0 Å². The Hall–Kier alpha value is -2.14. The van der Waals surface area contributed by atoms with E-state index in [2.05, 4.69) is 4.98 Å². The average Bonchev–Trinajstić information content (AvgIpc) is 2.88. The Morgan fingerprint density at radius 3 is 2.71 bits per heavy atom. The van der Waals surface area contributed by atoms with Crippen LogP contribution in [0.1, 0.15) is 18.2 Å². The number of nitrogens with zero attached hydrogens (tertiary/aromatic N) is 2. The van der Waals surface area contributed by atoms with E-state index in [1.165, 1.54) is 5.56 Å². The zero-order valence-corrected chi connectivity index (χ0v) is 12.6. The number of benzene rings is 1. The minimum atomic E-state index is -0.234. The quantitative estimate of drug-likeness (QED) is 0.765. The summed E-state index contributed by atoms with van der Waals surface area (Å²) < 4.78 is 10.4. The summed E-state index contributed by atoms with van der Waals surface area (Å²) in [4.78, 5) is 17.7. The van der Waals surface area contributed by atoms with E-state index in [0.29, 0.717) is 19.0 Å². The molecule has 21 heavy (non-hydrogen) atoms. The number of hydrogen-bond donors (Lipinski definition) is 0. The monoisotopic (exact) mass is 288 g/mol. The van der Waals surface area contributed by atoms with Gasteiger partial charge in [0.2, 0.25) is 5.89 Å². The standard InChI is InChI=1S/C16H20N2O3/c1-4-20-15(19)10-18(3)9-14-11-21-16(17-14)13-7-5-12(2)6-8-13/h5-8,11H,4,9-10H2,1-3H3. The van der Waals surface area contributed by atoms with E-state index in [4.69, 9.17) is 9.15 Å². The van der Waals surface area contributed by atoms with Gasteiger partial charge in [0, 0.05) is 12.1 Å². The Balaban J connectivity index is 1.96. The normalized spacial score (nSPS) is 10.9. The molecule has 5 nitrogen and oxygen atoms in total. The lowest BCUT2D eigenvalue weighted by Gasteiger charge is -2.13. The number of oxazole rings is 1. The first kappa shape index (κ1) is 15.3. The number of ether oxygens (including phenoxy) is 1. The highest BCUT2D eigenvalue weighted by molar-refractivity contribution is 5.71. The van der Waals surface area contributed by atoms with Crippen molar-refractivity contribution in [3.8, 4) is 11.5 Å². The van der Waals surface area contributed by atoms with Gasteiger partial charge in [0.25, 0.3) is 0 Å². The average molecular weight is 288 g/mol. The summed E-state index contributed by atoms with van der Waals surface area (Å²) >= 11 is 0. The zero-order chi connectivity index (χ0) is 15.2. The van der Waals surface area contributed by atoms with Crippen molar-refractivity contribution in [1.82, 2.24) is 9.88 Å². The van der Waals surface area contributed by atoms with Crippen molar-refractivity contribution in [2.75, 3.05) is 20.2 Å². The molecule has 1 aromatic heterocycles. The van der Waals surface area contributed by atoms with Crippen LogP contribution in [0.15, 0.2) is 34.9 Å². The van der Waals surface area contributed by atoms with Gasteiger partial charge >= 0.3 is 5.97 Å². The van der Waals surface area contributed by atoms with E-state index >= 15 is 0 Å². The number of likely N-dealkylation sites (N-methyl/N-ethyl adjacent to an activating group) is 1. The predicted octanol–water partition coefficient (Wildman–Crippen LogP) is 2.64. The highest BCUT2D eigenvalue weighted by atomic mass is 16.5. The maximum atomic E-state index is 11.4. The van der Waals surface area contributed by atoms with Crippen LogP contribution in [-0.4, -0.2) is 36.1 Å². The van der Waals surface area contributed by atoms with E-state index in [0.717, 1.165) is 11.3 Å². The summed E-state index contributed by atoms with van der Waals surface area (Å²) in [6.45, 7) is 5.00. The van der Waals surface area contributed by atoms with Crippen LogP contribution in [-0.2, 0) is 16.1 Å².